The van der Waals surface area contributed by atoms with Crippen molar-refractivity contribution in [2.45, 2.75) is 12.5 Å². The Balaban J connectivity index is 1.57. The predicted octanol–water partition coefficient (Wildman–Crippen LogP) is 2.74. The number of aromatic amines is 1. The molecule has 4 aromatic rings. The van der Waals surface area contributed by atoms with Gasteiger partial charge in [0.15, 0.2) is 11.5 Å². The van der Waals surface area contributed by atoms with Gasteiger partial charge in [0.25, 0.3) is 5.91 Å². The number of aromatic nitrogens is 6. The monoisotopic (exact) mass is 393 g/mol. The van der Waals surface area contributed by atoms with E-state index >= 15 is 0 Å². The van der Waals surface area contributed by atoms with Crippen LogP contribution >= 0.6 is 11.8 Å². The van der Waals surface area contributed by atoms with E-state index in [0.29, 0.717) is 17.2 Å². The lowest BCUT2D eigenvalue weighted by atomic mass is 10.2. The van der Waals surface area contributed by atoms with E-state index in [-0.39, 0.29) is 11.9 Å². The highest BCUT2D eigenvalue weighted by molar-refractivity contribution is 7.98. The van der Waals surface area contributed by atoms with Crippen molar-refractivity contribution in [2.75, 3.05) is 12.0 Å². The summed E-state index contributed by atoms with van der Waals surface area (Å²) in [5.41, 5.74) is 2.66. The lowest BCUT2D eigenvalue weighted by Crippen LogP contribution is -2.30. The van der Waals surface area contributed by atoms with Crippen molar-refractivity contribution in [3.63, 3.8) is 0 Å². The molecule has 0 fully saturated rings. The van der Waals surface area contributed by atoms with Crippen molar-refractivity contribution >= 4 is 23.3 Å². The van der Waals surface area contributed by atoms with Crippen molar-refractivity contribution < 1.29 is 4.79 Å². The van der Waals surface area contributed by atoms with Crippen molar-refractivity contribution in [1.82, 2.24) is 35.1 Å². The van der Waals surface area contributed by atoms with Gasteiger partial charge >= 0.3 is 0 Å². The van der Waals surface area contributed by atoms with Crippen LogP contribution in [0, 0.1) is 0 Å². The molecule has 8 nitrogen and oxygen atoms in total. The van der Waals surface area contributed by atoms with Crippen molar-refractivity contribution in [1.29, 1.82) is 0 Å². The Kier molecular flexibility index (Phi) is 5.34. The summed E-state index contributed by atoms with van der Waals surface area (Å²) < 4.78 is 1.90. The van der Waals surface area contributed by atoms with E-state index in [4.69, 9.17) is 0 Å². The molecule has 0 aliphatic carbocycles. The first kappa shape index (κ1) is 18.2. The second-order valence-corrected chi connectivity index (χ2v) is 7.19. The maximum Gasteiger partial charge on any atom is 0.269 e. The third-order valence-electron chi connectivity index (χ3n) is 4.35. The molecule has 4 aromatic heterocycles. The Morgan fingerprint density at radius 1 is 1.29 bits per heavy atom. The van der Waals surface area contributed by atoms with Crippen LogP contribution in [0.5, 0.6) is 0 Å². The molecule has 0 bridgehead atoms. The zero-order valence-electron chi connectivity index (χ0n) is 15.2. The Labute approximate surface area is 165 Å². The third-order valence-corrected chi connectivity index (χ3v) is 4.99. The summed E-state index contributed by atoms with van der Waals surface area (Å²) in [4.78, 5) is 16.9. The third kappa shape index (κ3) is 3.74. The van der Waals surface area contributed by atoms with Crippen LogP contribution in [0.15, 0.2) is 55.0 Å². The number of carbonyl (C=O) groups excluding carboxylic acids is 1. The minimum absolute atomic E-state index is 0.235. The van der Waals surface area contributed by atoms with Crippen LogP contribution in [0.3, 0.4) is 0 Å². The van der Waals surface area contributed by atoms with Crippen molar-refractivity contribution in [2.24, 2.45) is 0 Å². The molecular weight excluding hydrogens is 374 g/mol. The average Bonchev–Trinajstić information content (AvgIpc) is 3.39. The van der Waals surface area contributed by atoms with Crippen LogP contribution in [0.25, 0.3) is 16.9 Å². The molecule has 0 radical (unpaired) electrons. The molecule has 0 saturated heterocycles. The van der Waals surface area contributed by atoms with Gasteiger partial charge in [0, 0.05) is 24.2 Å². The summed E-state index contributed by atoms with van der Waals surface area (Å²) in [6.07, 6.45) is 8.09. The van der Waals surface area contributed by atoms with E-state index in [1.165, 1.54) is 0 Å². The van der Waals surface area contributed by atoms with Gasteiger partial charge in [-0.1, -0.05) is 6.07 Å². The normalized spacial score (nSPS) is 12.2. The molecule has 0 aliphatic rings. The molecule has 142 valence electrons. The number of fused-ring (bicyclic) bond motifs is 1. The molecule has 28 heavy (non-hydrogen) atoms. The topological polar surface area (TPSA) is 101 Å². The molecule has 4 rings (SSSR count). The highest BCUT2D eigenvalue weighted by Gasteiger charge is 2.22. The maximum absolute atomic E-state index is 12.8. The Bertz CT molecular complexity index is 1080. The lowest BCUT2D eigenvalue weighted by molar-refractivity contribution is 0.0928. The number of nitrogens with zero attached hydrogens (tertiary/aromatic N) is 5. The molecule has 4 heterocycles. The van der Waals surface area contributed by atoms with E-state index in [9.17, 15) is 4.79 Å². The number of pyridine rings is 2. The number of carbonyl (C=O) groups is 1. The van der Waals surface area contributed by atoms with Gasteiger partial charge in [-0.05, 0) is 48.8 Å². The summed E-state index contributed by atoms with van der Waals surface area (Å²) in [5.74, 6) is 1.36. The smallest absolute Gasteiger partial charge is 0.269 e. The number of rotatable bonds is 7. The zero-order chi connectivity index (χ0) is 19.3. The standard InChI is InChI=1S/C19H19N7OS/c1-28-10-7-14(18-25-24-17-6-2-3-9-26(17)18)21-19(27)16-11-15(22-23-16)13-5-4-8-20-12-13/h2-6,8-9,11-12,14H,7,10H2,1H3,(H,21,27)(H,22,23)/t14-/m1/s1. The molecule has 0 aliphatic heterocycles. The van der Waals surface area contributed by atoms with E-state index in [0.717, 1.165) is 23.4 Å². The zero-order valence-corrected chi connectivity index (χ0v) is 16.1. The van der Waals surface area contributed by atoms with E-state index < -0.39 is 0 Å². The van der Waals surface area contributed by atoms with Gasteiger partial charge in [-0.15, -0.1) is 10.2 Å². The van der Waals surface area contributed by atoms with Crippen LogP contribution in [0.1, 0.15) is 28.8 Å². The largest absolute Gasteiger partial charge is 0.341 e. The average molecular weight is 393 g/mol. The molecule has 0 aromatic carbocycles. The molecule has 0 saturated carbocycles. The summed E-state index contributed by atoms with van der Waals surface area (Å²) in [6.45, 7) is 0. The number of thioether (sulfide) groups is 1. The minimum Gasteiger partial charge on any atom is -0.341 e. The SMILES string of the molecule is CSCC[C@@H](NC(=O)c1cc(-c2cccnc2)n[nH]1)c1nnc2ccccn12. The Morgan fingerprint density at radius 3 is 3.04 bits per heavy atom. The molecule has 2 N–H and O–H groups in total. The van der Waals surface area contributed by atoms with Gasteiger partial charge < -0.3 is 5.32 Å². The highest BCUT2D eigenvalue weighted by atomic mass is 32.2. The fourth-order valence-electron chi connectivity index (χ4n) is 2.94. The second-order valence-electron chi connectivity index (χ2n) is 6.20. The summed E-state index contributed by atoms with van der Waals surface area (Å²) in [5, 5.41) is 18.6. The van der Waals surface area contributed by atoms with Crippen molar-refractivity contribution in [3.8, 4) is 11.3 Å². The highest BCUT2D eigenvalue weighted by Crippen LogP contribution is 2.20. The first-order chi connectivity index (χ1) is 13.8. The number of H-pyrrole nitrogens is 1. The molecular formula is C19H19N7OS. The van der Waals surface area contributed by atoms with Gasteiger partial charge in [0.2, 0.25) is 0 Å². The lowest BCUT2D eigenvalue weighted by Gasteiger charge is -2.16. The second kappa shape index (κ2) is 8.22. The van der Waals surface area contributed by atoms with Gasteiger partial charge in [0.05, 0.1) is 11.7 Å². The van der Waals surface area contributed by atoms with Crippen molar-refractivity contribution in [3.05, 3.63) is 66.5 Å². The quantitative estimate of drug-likeness (QED) is 0.501. The number of hydrogen-bond acceptors (Lipinski definition) is 6. The molecule has 1 amide bonds. The van der Waals surface area contributed by atoms with E-state index in [1.807, 2.05) is 47.2 Å². The molecule has 9 heteroatoms. The summed E-state index contributed by atoms with van der Waals surface area (Å²) in [6, 6.07) is 10.9. The van der Waals surface area contributed by atoms with Crippen LogP contribution in [-0.2, 0) is 0 Å². The first-order valence-electron chi connectivity index (χ1n) is 8.81. The Morgan fingerprint density at radius 2 is 2.21 bits per heavy atom. The summed E-state index contributed by atoms with van der Waals surface area (Å²) >= 11 is 1.72. The predicted molar refractivity (Wildman–Crippen MR) is 108 cm³/mol. The molecule has 0 unspecified atom stereocenters. The first-order valence-corrected chi connectivity index (χ1v) is 10.2. The number of nitrogens with one attached hydrogen (secondary N) is 2. The van der Waals surface area contributed by atoms with Gasteiger partial charge in [-0.3, -0.25) is 19.3 Å². The van der Waals surface area contributed by atoms with Gasteiger partial charge in [-0.25, -0.2) is 0 Å². The molecule has 1 atom stereocenters. The van der Waals surface area contributed by atoms with Crippen LogP contribution < -0.4 is 5.32 Å². The van der Waals surface area contributed by atoms with Crippen LogP contribution in [0.4, 0.5) is 0 Å². The maximum atomic E-state index is 12.8. The Hall–Kier alpha value is -3.20. The number of hydrogen-bond donors (Lipinski definition) is 2. The van der Waals surface area contributed by atoms with E-state index in [1.54, 1.807) is 30.2 Å². The van der Waals surface area contributed by atoms with Crippen LogP contribution in [-0.4, -0.2) is 47.7 Å². The van der Waals surface area contributed by atoms with Crippen LogP contribution in [0.2, 0.25) is 0 Å². The van der Waals surface area contributed by atoms with Gasteiger partial charge in [0.1, 0.15) is 5.69 Å². The van der Waals surface area contributed by atoms with E-state index in [2.05, 4.69) is 30.7 Å². The fraction of sp³-hybridized carbons (Fsp3) is 0.211. The number of amides is 1. The van der Waals surface area contributed by atoms with Gasteiger partial charge in [-0.2, -0.15) is 16.9 Å². The minimum atomic E-state index is -0.262. The molecule has 0 spiro atoms. The summed E-state index contributed by atoms with van der Waals surface area (Å²) in [7, 11) is 0. The fourth-order valence-corrected chi connectivity index (χ4v) is 3.41.